The molecule has 1 aromatic heterocycles. The van der Waals surface area contributed by atoms with Gasteiger partial charge in [0.1, 0.15) is 5.54 Å². The Morgan fingerprint density at radius 3 is 2.22 bits per heavy atom. The minimum absolute atomic E-state index is 0.240. The molecule has 32 heavy (non-hydrogen) atoms. The lowest BCUT2D eigenvalue weighted by Crippen LogP contribution is -2.51. The number of benzene rings is 2. The number of nitrogens with zero attached hydrogens (tertiary/aromatic N) is 3. The van der Waals surface area contributed by atoms with Gasteiger partial charge in [-0.05, 0) is 30.2 Å². The molecular formula is C27H27N3O2. The van der Waals surface area contributed by atoms with E-state index in [0.717, 1.165) is 16.5 Å². The maximum Gasteiger partial charge on any atom is 0.332 e. The van der Waals surface area contributed by atoms with Gasteiger partial charge in [-0.15, -0.1) is 19.7 Å². The Hall–Kier alpha value is -3.86. The van der Waals surface area contributed by atoms with Crippen LogP contribution in [0.1, 0.15) is 12.0 Å². The molecule has 0 aliphatic carbocycles. The number of para-hydroxylation sites is 2. The molecule has 1 fully saturated rings. The lowest BCUT2D eigenvalue weighted by molar-refractivity contribution is -0.124. The molecule has 1 aliphatic rings. The largest absolute Gasteiger partial charge is 0.343 e. The normalized spacial score (nSPS) is 18.4. The van der Waals surface area contributed by atoms with E-state index in [4.69, 9.17) is 0 Å². The molecule has 0 bridgehead atoms. The molecule has 0 N–H and O–H groups in total. The third kappa shape index (κ3) is 3.36. The van der Waals surface area contributed by atoms with Gasteiger partial charge in [0.25, 0.3) is 5.91 Å². The fourth-order valence-electron chi connectivity index (χ4n) is 4.65. The van der Waals surface area contributed by atoms with Crippen LogP contribution in [0.25, 0.3) is 10.9 Å². The van der Waals surface area contributed by atoms with Gasteiger partial charge >= 0.3 is 6.03 Å². The first kappa shape index (κ1) is 21.4. The first-order valence-electron chi connectivity index (χ1n) is 10.7. The molecule has 0 spiro atoms. The van der Waals surface area contributed by atoms with Crippen molar-refractivity contribution in [1.29, 1.82) is 0 Å². The number of amides is 3. The Balaban J connectivity index is 1.86. The predicted molar refractivity (Wildman–Crippen MR) is 130 cm³/mol. The number of carbonyl (C=O) groups is 2. The monoisotopic (exact) mass is 425 g/mol. The van der Waals surface area contributed by atoms with Crippen molar-refractivity contribution in [3.05, 3.63) is 104 Å². The van der Waals surface area contributed by atoms with Crippen LogP contribution in [0, 0.1) is 0 Å². The van der Waals surface area contributed by atoms with E-state index in [2.05, 4.69) is 42.6 Å². The van der Waals surface area contributed by atoms with E-state index >= 15 is 0 Å². The topological polar surface area (TPSA) is 45.6 Å². The van der Waals surface area contributed by atoms with Crippen LogP contribution < -0.4 is 4.90 Å². The third-order valence-electron chi connectivity index (χ3n) is 6.03. The fourth-order valence-corrected chi connectivity index (χ4v) is 4.65. The van der Waals surface area contributed by atoms with Crippen molar-refractivity contribution in [2.24, 2.45) is 0 Å². The van der Waals surface area contributed by atoms with E-state index in [1.807, 2.05) is 36.4 Å². The average molecular weight is 426 g/mol. The molecular weight excluding hydrogens is 398 g/mol. The molecule has 1 atom stereocenters. The van der Waals surface area contributed by atoms with Crippen LogP contribution in [0.2, 0.25) is 0 Å². The van der Waals surface area contributed by atoms with Crippen LogP contribution in [0.15, 0.2) is 98.8 Å². The number of hydrogen-bond donors (Lipinski definition) is 0. The summed E-state index contributed by atoms with van der Waals surface area (Å²) >= 11 is 0. The lowest BCUT2D eigenvalue weighted by atomic mass is 9.85. The van der Waals surface area contributed by atoms with Crippen LogP contribution in [-0.2, 0) is 17.8 Å². The first-order chi connectivity index (χ1) is 15.6. The summed E-state index contributed by atoms with van der Waals surface area (Å²) in [4.78, 5) is 30.4. The predicted octanol–water partition coefficient (Wildman–Crippen LogP) is 5.34. The fraction of sp³-hybridized carbons (Fsp3) is 0.185. The molecule has 2 aromatic carbocycles. The zero-order chi connectivity index (χ0) is 22.7. The van der Waals surface area contributed by atoms with Crippen molar-refractivity contribution < 1.29 is 9.59 Å². The number of carbonyl (C=O) groups excluding carboxylic acids is 2. The van der Waals surface area contributed by atoms with Crippen molar-refractivity contribution in [2.75, 3.05) is 11.4 Å². The van der Waals surface area contributed by atoms with E-state index in [1.165, 1.54) is 4.90 Å². The molecule has 5 heteroatoms. The highest BCUT2D eigenvalue weighted by molar-refractivity contribution is 6.23. The van der Waals surface area contributed by atoms with Gasteiger partial charge in [0.2, 0.25) is 0 Å². The SMILES string of the molecule is C=CCN1C(=O)N(c2ccccc2)C(=O)C1(CC=C)Cc1cn(CC=C)c2ccccc12. The van der Waals surface area contributed by atoms with Gasteiger partial charge in [-0.25, -0.2) is 9.69 Å². The van der Waals surface area contributed by atoms with Crippen LogP contribution in [0.4, 0.5) is 10.5 Å². The third-order valence-corrected chi connectivity index (χ3v) is 6.03. The molecule has 3 amide bonds. The van der Waals surface area contributed by atoms with Crippen molar-refractivity contribution in [1.82, 2.24) is 9.47 Å². The van der Waals surface area contributed by atoms with Crippen molar-refractivity contribution in [3.63, 3.8) is 0 Å². The second-order valence-electron chi connectivity index (χ2n) is 7.97. The summed E-state index contributed by atoms with van der Waals surface area (Å²) in [5, 5.41) is 1.06. The summed E-state index contributed by atoms with van der Waals surface area (Å²) in [5.41, 5.74) is 1.57. The van der Waals surface area contributed by atoms with Crippen molar-refractivity contribution in [3.8, 4) is 0 Å². The highest BCUT2D eigenvalue weighted by Crippen LogP contribution is 2.39. The standard InChI is InChI=1S/C27H27N3O2/c1-4-16-27(19-21-20-28(17-5-2)24-15-11-10-14-23(21)24)25(31)30(22-12-8-7-9-13-22)26(32)29(27)18-6-3/h4-15,20H,1-3,16-19H2. The maximum absolute atomic E-state index is 13.9. The highest BCUT2D eigenvalue weighted by Gasteiger charge is 2.56. The minimum Gasteiger partial charge on any atom is -0.343 e. The Morgan fingerprint density at radius 2 is 1.53 bits per heavy atom. The summed E-state index contributed by atoms with van der Waals surface area (Å²) in [6.45, 7) is 12.5. The summed E-state index contributed by atoms with van der Waals surface area (Å²) < 4.78 is 2.12. The smallest absolute Gasteiger partial charge is 0.332 e. The van der Waals surface area contributed by atoms with Gasteiger partial charge in [-0.1, -0.05) is 54.6 Å². The number of aromatic nitrogens is 1. The van der Waals surface area contributed by atoms with Crippen LogP contribution >= 0.6 is 0 Å². The van der Waals surface area contributed by atoms with Gasteiger partial charge in [0.15, 0.2) is 0 Å². The zero-order valence-electron chi connectivity index (χ0n) is 18.1. The van der Waals surface area contributed by atoms with E-state index < -0.39 is 5.54 Å². The van der Waals surface area contributed by atoms with Crippen LogP contribution in [-0.4, -0.2) is 33.5 Å². The quantitative estimate of drug-likeness (QED) is 0.343. The molecule has 1 saturated heterocycles. The van der Waals surface area contributed by atoms with Gasteiger partial charge in [-0.2, -0.15) is 0 Å². The van der Waals surface area contributed by atoms with E-state index in [0.29, 0.717) is 25.1 Å². The molecule has 3 aromatic rings. The second-order valence-corrected chi connectivity index (χ2v) is 7.97. The Labute approximate surface area is 188 Å². The van der Waals surface area contributed by atoms with Crippen molar-refractivity contribution in [2.45, 2.75) is 24.9 Å². The number of anilines is 1. The molecule has 1 aliphatic heterocycles. The summed E-state index contributed by atoms with van der Waals surface area (Å²) in [6.07, 6.45) is 8.02. The van der Waals surface area contributed by atoms with Crippen LogP contribution in [0.3, 0.4) is 0 Å². The summed E-state index contributed by atoms with van der Waals surface area (Å²) in [6, 6.07) is 16.8. The number of fused-ring (bicyclic) bond motifs is 1. The van der Waals surface area contributed by atoms with Gasteiger partial charge in [-0.3, -0.25) is 4.79 Å². The maximum atomic E-state index is 13.9. The number of imide groups is 1. The summed E-state index contributed by atoms with van der Waals surface area (Å²) in [5.74, 6) is -0.240. The van der Waals surface area contributed by atoms with Gasteiger partial charge < -0.3 is 9.47 Å². The number of rotatable bonds is 9. The Bertz CT molecular complexity index is 1190. The number of hydrogen-bond acceptors (Lipinski definition) is 2. The van der Waals surface area contributed by atoms with Gasteiger partial charge in [0, 0.05) is 36.6 Å². The molecule has 4 rings (SSSR count). The number of urea groups is 1. The molecule has 162 valence electrons. The number of allylic oxidation sites excluding steroid dienone is 1. The van der Waals surface area contributed by atoms with E-state index in [-0.39, 0.29) is 18.5 Å². The van der Waals surface area contributed by atoms with E-state index in [1.54, 1.807) is 29.2 Å². The molecule has 5 nitrogen and oxygen atoms in total. The Morgan fingerprint density at radius 1 is 0.844 bits per heavy atom. The van der Waals surface area contributed by atoms with Gasteiger partial charge in [0.05, 0.1) is 5.69 Å². The molecule has 2 heterocycles. The molecule has 1 unspecified atom stereocenters. The average Bonchev–Trinajstić information content (AvgIpc) is 3.24. The second kappa shape index (κ2) is 8.71. The molecule has 0 saturated carbocycles. The first-order valence-corrected chi connectivity index (χ1v) is 10.7. The minimum atomic E-state index is -1.08. The van der Waals surface area contributed by atoms with Crippen LogP contribution in [0.5, 0.6) is 0 Å². The summed E-state index contributed by atoms with van der Waals surface area (Å²) in [7, 11) is 0. The lowest BCUT2D eigenvalue weighted by Gasteiger charge is -2.34. The van der Waals surface area contributed by atoms with E-state index in [9.17, 15) is 9.59 Å². The molecule has 0 radical (unpaired) electrons. The zero-order valence-corrected chi connectivity index (χ0v) is 18.1. The Kier molecular flexibility index (Phi) is 5.82. The van der Waals surface area contributed by atoms with Crippen molar-refractivity contribution >= 4 is 28.5 Å². The highest BCUT2D eigenvalue weighted by atomic mass is 16.2.